The summed E-state index contributed by atoms with van der Waals surface area (Å²) in [5, 5.41) is 3.96. The van der Waals surface area contributed by atoms with Gasteiger partial charge in [-0.15, -0.1) is 11.8 Å². The van der Waals surface area contributed by atoms with Crippen molar-refractivity contribution >= 4 is 9.84 Å². The Morgan fingerprint density at radius 3 is 2.00 bits per heavy atom. The highest BCUT2D eigenvalue weighted by Gasteiger charge is 2.40. The molecule has 1 unspecified atom stereocenters. The summed E-state index contributed by atoms with van der Waals surface area (Å²) in [4.78, 5) is 3.81. The van der Waals surface area contributed by atoms with Gasteiger partial charge in [-0.25, -0.2) is 13.4 Å². The molecule has 28 heavy (non-hydrogen) atoms. The maximum Gasteiger partial charge on any atom is 0.416 e. The number of sulfone groups is 1. The van der Waals surface area contributed by atoms with Crippen molar-refractivity contribution in [2.45, 2.75) is 51.1 Å². The number of benzene rings is 1. The highest BCUT2D eigenvalue weighted by molar-refractivity contribution is 7.92. The van der Waals surface area contributed by atoms with E-state index in [9.17, 15) is 21.6 Å². The molecule has 0 aliphatic heterocycles. The molecule has 2 rings (SSSR count). The molecule has 2 aromatic rings. The van der Waals surface area contributed by atoms with Crippen LogP contribution in [0, 0.1) is 11.8 Å². The first kappa shape index (κ1) is 23.7. The van der Waals surface area contributed by atoms with Gasteiger partial charge in [0.15, 0.2) is 9.84 Å². The van der Waals surface area contributed by atoms with Gasteiger partial charge in [0.1, 0.15) is 12.7 Å². The summed E-state index contributed by atoms with van der Waals surface area (Å²) < 4.78 is 62.9. The van der Waals surface area contributed by atoms with Crippen molar-refractivity contribution in [2.75, 3.05) is 6.26 Å². The molecule has 0 N–H and O–H groups in total. The summed E-state index contributed by atoms with van der Waals surface area (Å²) in [6.45, 7) is 6.94. The van der Waals surface area contributed by atoms with Crippen LogP contribution in [0.4, 0.5) is 13.2 Å². The second kappa shape index (κ2) is 9.24. The van der Waals surface area contributed by atoms with Gasteiger partial charge in [-0.2, -0.15) is 18.3 Å². The van der Waals surface area contributed by atoms with E-state index in [1.54, 1.807) is 13.8 Å². The minimum atomic E-state index is -4.44. The Hall–Kier alpha value is -2.34. The van der Waals surface area contributed by atoms with Crippen LogP contribution in [-0.4, -0.2) is 34.2 Å². The molecule has 1 heterocycles. The Balaban J connectivity index is 0.000000892. The number of rotatable bonds is 5. The molecule has 0 bridgehead atoms. The molecule has 0 aliphatic rings. The number of hydrogen-bond donors (Lipinski definition) is 0. The highest BCUT2D eigenvalue weighted by atomic mass is 32.2. The second-order valence-corrected chi connectivity index (χ2v) is 9.26. The lowest BCUT2D eigenvalue weighted by molar-refractivity contribution is -0.137. The third-order valence-corrected chi connectivity index (χ3v) is 6.72. The van der Waals surface area contributed by atoms with Crippen LogP contribution in [0.2, 0.25) is 0 Å². The van der Waals surface area contributed by atoms with Crippen LogP contribution in [0.3, 0.4) is 0 Å². The molecular formula is C19H24F3N3O2S. The number of alkyl halides is 3. The predicted molar refractivity (Wildman–Crippen MR) is 102 cm³/mol. The summed E-state index contributed by atoms with van der Waals surface area (Å²) >= 11 is 0. The van der Waals surface area contributed by atoms with E-state index >= 15 is 0 Å². The normalized spacial score (nSPS) is 13.0. The van der Waals surface area contributed by atoms with Gasteiger partial charge in [0.25, 0.3) is 0 Å². The van der Waals surface area contributed by atoms with Crippen LogP contribution in [0.15, 0.2) is 36.9 Å². The standard InChI is InChI=1S/C15H18F3N3O2S.C4H6/c1-14(2,24(3,22)23)13(8-21-10-19-9-20-21)11-4-6-12(7-5-11)15(16,17)18;1-3-4-2/h4-7,9-10,13H,8H2,1-3H3;1-2H3. The monoisotopic (exact) mass is 415 g/mol. The number of nitrogens with zero attached hydrogens (tertiary/aromatic N) is 3. The quantitative estimate of drug-likeness (QED) is 0.694. The van der Waals surface area contributed by atoms with Crippen LogP contribution < -0.4 is 0 Å². The summed E-state index contributed by atoms with van der Waals surface area (Å²) in [5.41, 5.74) is -0.281. The minimum Gasteiger partial charge on any atom is -0.252 e. The van der Waals surface area contributed by atoms with E-state index in [1.807, 2.05) is 13.8 Å². The average Bonchev–Trinajstić information content (AvgIpc) is 3.11. The molecule has 0 saturated heterocycles. The Bertz CT molecular complexity index is 902. The van der Waals surface area contributed by atoms with Crippen molar-refractivity contribution in [3.05, 3.63) is 48.0 Å². The summed E-state index contributed by atoms with van der Waals surface area (Å²) in [6.07, 6.45) is -0.565. The lowest BCUT2D eigenvalue weighted by atomic mass is 9.87. The highest BCUT2D eigenvalue weighted by Crippen LogP contribution is 2.37. The van der Waals surface area contributed by atoms with Crippen molar-refractivity contribution in [1.82, 2.24) is 14.8 Å². The Morgan fingerprint density at radius 2 is 1.64 bits per heavy atom. The molecule has 1 aromatic heterocycles. The van der Waals surface area contributed by atoms with Gasteiger partial charge in [-0.05, 0) is 45.4 Å². The van der Waals surface area contributed by atoms with Gasteiger partial charge in [-0.1, -0.05) is 12.1 Å². The van der Waals surface area contributed by atoms with Gasteiger partial charge < -0.3 is 0 Å². The fourth-order valence-electron chi connectivity index (χ4n) is 2.40. The predicted octanol–water partition coefficient (Wildman–Crippen LogP) is 3.93. The molecule has 0 aliphatic carbocycles. The molecule has 1 aromatic carbocycles. The molecule has 0 amide bonds. The molecule has 5 nitrogen and oxygen atoms in total. The van der Waals surface area contributed by atoms with Crippen molar-refractivity contribution in [3.63, 3.8) is 0 Å². The van der Waals surface area contributed by atoms with Crippen LogP contribution >= 0.6 is 0 Å². The van der Waals surface area contributed by atoms with Crippen LogP contribution in [-0.2, 0) is 22.6 Å². The summed E-state index contributed by atoms with van der Waals surface area (Å²) in [5.74, 6) is 4.77. The van der Waals surface area contributed by atoms with Crippen molar-refractivity contribution in [2.24, 2.45) is 0 Å². The summed E-state index contributed by atoms with van der Waals surface area (Å²) in [6, 6.07) is 4.55. The summed E-state index contributed by atoms with van der Waals surface area (Å²) in [7, 11) is -3.48. The fraction of sp³-hybridized carbons (Fsp3) is 0.474. The van der Waals surface area contributed by atoms with Gasteiger partial charge in [-0.3, -0.25) is 4.68 Å². The molecule has 0 spiro atoms. The third kappa shape index (κ3) is 6.09. The maximum atomic E-state index is 12.7. The zero-order valence-corrected chi connectivity index (χ0v) is 17.3. The SMILES string of the molecule is CC#CC.CC(C)(C(Cn1cncn1)c1ccc(C(F)(F)F)cc1)S(C)(=O)=O. The molecule has 0 radical (unpaired) electrons. The Labute approximate surface area is 163 Å². The van der Waals surface area contributed by atoms with E-state index in [0.29, 0.717) is 5.56 Å². The number of hydrogen-bond acceptors (Lipinski definition) is 4. The average molecular weight is 415 g/mol. The van der Waals surface area contributed by atoms with E-state index in [0.717, 1.165) is 18.4 Å². The first-order valence-electron chi connectivity index (χ1n) is 8.37. The first-order chi connectivity index (χ1) is 12.8. The Morgan fingerprint density at radius 1 is 1.11 bits per heavy atom. The van der Waals surface area contributed by atoms with Crippen LogP contribution in [0.1, 0.15) is 44.7 Å². The van der Waals surface area contributed by atoms with Crippen LogP contribution in [0.25, 0.3) is 0 Å². The Kier molecular flexibility index (Phi) is 7.82. The first-order valence-corrected chi connectivity index (χ1v) is 10.3. The van der Waals surface area contributed by atoms with Crippen molar-refractivity contribution < 1.29 is 21.6 Å². The lowest BCUT2D eigenvalue weighted by Crippen LogP contribution is -2.40. The smallest absolute Gasteiger partial charge is 0.252 e. The zero-order chi connectivity index (χ0) is 21.6. The van der Waals surface area contributed by atoms with Gasteiger partial charge >= 0.3 is 6.18 Å². The third-order valence-electron chi connectivity index (χ3n) is 4.52. The fourth-order valence-corrected chi connectivity index (χ4v) is 3.13. The van der Waals surface area contributed by atoms with E-state index < -0.39 is 32.2 Å². The van der Waals surface area contributed by atoms with E-state index in [4.69, 9.17) is 0 Å². The lowest BCUT2D eigenvalue weighted by Gasteiger charge is -2.33. The van der Waals surface area contributed by atoms with Gasteiger partial charge in [0, 0.05) is 12.2 Å². The topological polar surface area (TPSA) is 64.8 Å². The molecule has 1 atom stereocenters. The minimum absolute atomic E-state index is 0.186. The maximum absolute atomic E-state index is 12.7. The molecule has 9 heteroatoms. The van der Waals surface area contributed by atoms with E-state index in [1.165, 1.54) is 29.5 Å². The zero-order valence-electron chi connectivity index (χ0n) is 16.4. The van der Waals surface area contributed by atoms with E-state index in [2.05, 4.69) is 21.9 Å². The van der Waals surface area contributed by atoms with Crippen LogP contribution in [0.5, 0.6) is 0 Å². The van der Waals surface area contributed by atoms with Crippen molar-refractivity contribution in [3.8, 4) is 11.8 Å². The molecule has 154 valence electrons. The number of aromatic nitrogens is 3. The largest absolute Gasteiger partial charge is 0.416 e. The van der Waals surface area contributed by atoms with Gasteiger partial charge in [0.2, 0.25) is 0 Å². The molecule has 0 saturated carbocycles. The number of halogens is 3. The van der Waals surface area contributed by atoms with Crippen molar-refractivity contribution in [1.29, 1.82) is 0 Å². The molecule has 0 fully saturated rings. The van der Waals surface area contributed by atoms with Gasteiger partial charge in [0.05, 0.1) is 16.9 Å². The second-order valence-electron chi connectivity index (χ2n) is 6.67. The van der Waals surface area contributed by atoms with E-state index in [-0.39, 0.29) is 6.54 Å². The molecular weight excluding hydrogens is 391 g/mol.